The monoisotopic (exact) mass is 302 g/mol. The van der Waals surface area contributed by atoms with E-state index in [9.17, 15) is 4.79 Å². The Labute approximate surface area is 132 Å². The fraction of sp³-hybridized carbons (Fsp3) is 0.0526. The lowest BCUT2D eigenvalue weighted by Gasteiger charge is -2.08. The number of aromatic nitrogens is 2. The van der Waals surface area contributed by atoms with Crippen molar-refractivity contribution in [3.8, 4) is 17.0 Å². The molecule has 0 unspecified atom stereocenters. The number of nitrogens with zero attached hydrogens (tertiary/aromatic N) is 1. The van der Waals surface area contributed by atoms with Crippen LogP contribution in [0.2, 0.25) is 0 Å². The molecule has 0 radical (unpaired) electrons. The van der Waals surface area contributed by atoms with Gasteiger partial charge in [0.25, 0.3) is 0 Å². The summed E-state index contributed by atoms with van der Waals surface area (Å²) in [5.74, 6) is 0.772. The highest BCUT2D eigenvalue weighted by Gasteiger charge is 2.10. The van der Waals surface area contributed by atoms with Gasteiger partial charge >= 0.3 is 5.69 Å². The summed E-state index contributed by atoms with van der Waals surface area (Å²) < 4.78 is 5.19. The van der Waals surface area contributed by atoms with Crippen molar-refractivity contribution in [3.63, 3.8) is 0 Å². The first-order valence-electron chi connectivity index (χ1n) is 7.32. The van der Waals surface area contributed by atoms with Gasteiger partial charge in [0.05, 0.1) is 18.3 Å². The van der Waals surface area contributed by atoms with Gasteiger partial charge in [-0.1, -0.05) is 36.4 Å². The van der Waals surface area contributed by atoms with Gasteiger partial charge in [-0.05, 0) is 29.7 Å². The first kappa shape index (κ1) is 13.5. The first-order chi connectivity index (χ1) is 11.3. The number of hydrogen-bond acceptors (Lipinski definition) is 3. The molecule has 0 saturated carbocycles. The van der Waals surface area contributed by atoms with Crippen molar-refractivity contribution in [3.05, 3.63) is 71.1 Å². The average molecular weight is 302 g/mol. The molecule has 0 fully saturated rings. The normalized spacial score (nSPS) is 11.0. The number of methoxy groups -OCH3 is 1. The van der Waals surface area contributed by atoms with E-state index in [0.29, 0.717) is 5.69 Å². The van der Waals surface area contributed by atoms with Crippen LogP contribution < -0.4 is 10.4 Å². The van der Waals surface area contributed by atoms with Crippen molar-refractivity contribution >= 4 is 21.7 Å². The molecule has 112 valence electrons. The molecule has 23 heavy (non-hydrogen) atoms. The molecule has 1 aromatic heterocycles. The molecule has 0 spiro atoms. The molecule has 0 amide bonds. The Kier molecular flexibility index (Phi) is 3.08. The summed E-state index contributed by atoms with van der Waals surface area (Å²) in [6, 6.07) is 19.6. The summed E-state index contributed by atoms with van der Waals surface area (Å²) in [7, 11) is 1.63. The summed E-state index contributed by atoms with van der Waals surface area (Å²) >= 11 is 0. The van der Waals surface area contributed by atoms with E-state index in [1.165, 1.54) is 0 Å². The third-order valence-electron chi connectivity index (χ3n) is 3.99. The predicted octanol–water partition coefficient (Wildman–Crippen LogP) is 3.75. The highest BCUT2D eigenvalue weighted by Crippen LogP contribution is 2.30. The van der Waals surface area contributed by atoms with Crippen molar-refractivity contribution in [2.45, 2.75) is 0 Å². The van der Waals surface area contributed by atoms with Gasteiger partial charge in [0.2, 0.25) is 0 Å². The molecule has 4 nitrogen and oxygen atoms in total. The first-order valence-corrected chi connectivity index (χ1v) is 7.32. The Bertz CT molecular complexity index is 1070. The molecule has 0 bridgehead atoms. The fourth-order valence-electron chi connectivity index (χ4n) is 2.87. The van der Waals surface area contributed by atoms with Crippen molar-refractivity contribution in [2.75, 3.05) is 7.11 Å². The Morgan fingerprint density at radius 1 is 0.913 bits per heavy atom. The van der Waals surface area contributed by atoms with Crippen LogP contribution in [0.25, 0.3) is 32.9 Å². The average Bonchev–Trinajstić information content (AvgIpc) is 2.61. The Morgan fingerprint density at radius 2 is 1.70 bits per heavy atom. The van der Waals surface area contributed by atoms with E-state index >= 15 is 0 Å². The van der Waals surface area contributed by atoms with Crippen molar-refractivity contribution in [2.24, 2.45) is 0 Å². The molecule has 0 aliphatic heterocycles. The number of rotatable bonds is 2. The van der Waals surface area contributed by atoms with E-state index < -0.39 is 0 Å². The highest BCUT2D eigenvalue weighted by atomic mass is 16.5. The highest BCUT2D eigenvalue weighted by molar-refractivity contribution is 6.08. The third kappa shape index (κ3) is 2.25. The van der Waals surface area contributed by atoms with Gasteiger partial charge in [0, 0.05) is 16.3 Å². The molecular weight excluding hydrogens is 288 g/mol. The Balaban J connectivity index is 2.06. The largest absolute Gasteiger partial charge is 0.497 e. The van der Waals surface area contributed by atoms with E-state index in [0.717, 1.165) is 33.0 Å². The molecule has 0 saturated heterocycles. The van der Waals surface area contributed by atoms with Crippen LogP contribution in [-0.4, -0.2) is 17.1 Å². The second kappa shape index (κ2) is 5.25. The smallest absolute Gasteiger partial charge is 0.345 e. The van der Waals surface area contributed by atoms with Gasteiger partial charge in [-0.15, -0.1) is 0 Å². The maximum atomic E-state index is 12.1. The molecule has 4 heteroatoms. The molecular formula is C19H14N2O2. The molecule has 0 aliphatic carbocycles. The van der Waals surface area contributed by atoms with E-state index in [2.05, 4.69) is 9.97 Å². The topological polar surface area (TPSA) is 55.0 Å². The van der Waals surface area contributed by atoms with Crippen LogP contribution in [0.4, 0.5) is 0 Å². The summed E-state index contributed by atoms with van der Waals surface area (Å²) in [6.45, 7) is 0. The lowest BCUT2D eigenvalue weighted by atomic mass is 10.0. The number of fused-ring (bicyclic) bond motifs is 3. The maximum absolute atomic E-state index is 12.1. The minimum atomic E-state index is -0.348. The zero-order valence-corrected chi connectivity index (χ0v) is 12.5. The van der Waals surface area contributed by atoms with E-state index in [4.69, 9.17) is 4.74 Å². The number of benzene rings is 3. The number of ether oxygens (including phenoxy) is 1. The van der Waals surface area contributed by atoms with Crippen molar-refractivity contribution in [1.29, 1.82) is 0 Å². The quantitative estimate of drug-likeness (QED) is 0.574. The molecule has 1 N–H and O–H groups in total. The SMILES string of the molecule is COc1ccc(-c2nc(=O)[nH]c3c2ccc2ccccc23)cc1. The lowest BCUT2D eigenvalue weighted by Crippen LogP contribution is -2.11. The van der Waals surface area contributed by atoms with Gasteiger partial charge in [0.15, 0.2) is 0 Å². The van der Waals surface area contributed by atoms with Crippen LogP contribution in [0.15, 0.2) is 65.5 Å². The van der Waals surface area contributed by atoms with Crippen LogP contribution in [0, 0.1) is 0 Å². The number of nitrogens with one attached hydrogen (secondary N) is 1. The molecule has 0 atom stereocenters. The molecule has 0 aliphatic rings. The van der Waals surface area contributed by atoms with Crippen LogP contribution in [-0.2, 0) is 0 Å². The summed E-state index contributed by atoms with van der Waals surface area (Å²) in [5.41, 5.74) is 2.03. The standard InChI is InChI=1S/C19H14N2O2/c1-23-14-9-6-13(7-10-14)17-16-11-8-12-4-2-3-5-15(12)18(16)21-19(22)20-17/h2-11H,1H3,(H,20,21,22). The molecule has 4 aromatic rings. The Morgan fingerprint density at radius 3 is 2.48 bits per heavy atom. The number of H-pyrrole nitrogens is 1. The van der Waals surface area contributed by atoms with Crippen LogP contribution in [0.1, 0.15) is 0 Å². The molecule has 4 rings (SSSR count). The van der Waals surface area contributed by atoms with Crippen LogP contribution >= 0.6 is 0 Å². The van der Waals surface area contributed by atoms with Crippen LogP contribution in [0.5, 0.6) is 5.75 Å². The predicted molar refractivity (Wildman–Crippen MR) is 91.9 cm³/mol. The van der Waals surface area contributed by atoms with Gasteiger partial charge in [-0.25, -0.2) is 4.79 Å². The fourth-order valence-corrected chi connectivity index (χ4v) is 2.87. The Hall–Kier alpha value is -3.14. The van der Waals surface area contributed by atoms with Gasteiger partial charge in [-0.3, -0.25) is 0 Å². The summed E-state index contributed by atoms with van der Waals surface area (Å²) in [6.07, 6.45) is 0. The third-order valence-corrected chi connectivity index (χ3v) is 3.99. The number of hydrogen-bond donors (Lipinski definition) is 1. The minimum absolute atomic E-state index is 0.348. The zero-order chi connectivity index (χ0) is 15.8. The molecule has 3 aromatic carbocycles. The molecule has 1 heterocycles. The van der Waals surface area contributed by atoms with Gasteiger partial charge in [0.1, 0.15) is 5.75 Å². The van der Waals surface area contributed by atoms with Crippen LogP contribution in [0.3, 0.4) is 0 Å². The van der Waals surface area contributed by atoms with E-state index in [1.807, 2.05) is 60.7 Å². The van der Waals surface area contributed by atoms with Gasteiger partial charge < -0.3 is 9.72 Å². The van der Waals surface area contributed by atoms with Crippen molar-refractivity contribution < 1.29 is 4.74 Å². The zero-order valence-electron chi connectivity index (χ0n) is 12.5. The minimum Gasteiger partial charge on any atom is -0.497 e. The number of aromatic amines is 1. The maximum Gasteiger partial charge on any atom is 0.345 e. The second-order valence-corrected chi connectivity index (χ2v) is 5.33. The van der Waals surface area contributed by atoms with Crippen molar-refractivity contribution in [1.82, 2.24) is 9.97 Å². The summed E-state index contributed by atoms with van der Waals surface area (Å²) in [5, 5.41) is 3.02. The van der Waals surface area contributed by atoms with Gasteiger partial charge in [-0.2, -0.15) is 4.98 Å². The second-order valence-electron chi connectivity index (χ2n) is 5.33. The van der Waals surface area contributed by atoms with E-state index in [1.54, 1.807) is 7.11 Å². The lowest BCUT2D eigenvalue weighted by molar-refractivity contribution is 0.415. The van der Waals surface area contributed by atoms with E-state index in [-0.39, 0.29) is 5.69 Å². The summed E-state index contributed by atoms with van der Waals surface area (Å²) in [4.78, 5) is 19.1.